The van der Waals surface area contributed by atoms with Crippen molar-refractivity contribution in [3.05, 3.63) is 72.6 Å². The van der Waals surface area contributed by atoms with Gasteiger partial charge in [-0.05, 0) is 37.1 Å². The number of hydrogen-bond donors (Lipinski definition) is 3. The number of amides is 2. The van der Waals surface area contributed by atoms with E-state index in [2.05, 4.69) is 23.1 Å². The highest BCUT2D eigenvalue weighted by Gasteiger charge is 2.14. The average molecular weight is 326 g/mol. The van der Waals surface area contributed by atoms with Crippen LogP contribution < -0.4 is 16.2 Å². The van der Waals surface area contributed by atoms with E-state index in [0.717, 1.165) is 11.1 Å². The summed E-state index contributed by atoms with van der Waals surface area (Å²) in [6.07, 6.45) is -0.654. The summed E-state index contributed by atoms with van der Waals surface area (Å²) < 4.78 is 5.04. The zero-order chi connectivity index (χ0) is 17.4. The Morgan fingerprint density at radius 1 is 1.12 bits per heavy atom. The minimum absolute atomic E-state index is 0.158. The zero-order valence-corrected chi connectivity index (χ0v) is 13.4. The quantitative estimate of drug-likeness (QED) is 0.713. The molecule has 2 rings (SSSR count). The molecule has 0 saturated heterocycles. The van der Waals surface area contributed by atoms with Crippen LogP contribution in [0.3, 0.4) is 0 Å². The van der Waals surface area contributed by atoms with E-state index in [1.165, 1.54) is 0 Å². The van der Waals surface area contributed by atoms with Crippen LogP contribution >= 0.6 is 0 Å². The molecule has 6 heteroatoms. The lowest BCUT2D eigenvalue weighted by molar-refractivity contribution is -0.117. The molecule has 0 saturated carbocycles. The van der Waals surface area contributed by atoms with Gasteiger partial charge in [0, 0.05) is 5.69 Å². The number of hydrazine groups is 1. The second-order valence-corrected chi connectivity index (χ2v) is 5.24. The lowest BCUT2D eigenvalue weighted by atomic mass is 10.2. The molecule has 0 bridgehead atoms. The molecule has 1 atom stereocenters. The van der Waals surface area contributed by atoms with Crippen LogP contribution in [0.25, 0.3) is 0 Å². The van der Waals surface area contributed by atoms with E-state index < -0.39 is 12.1 Å². The smallest absolute Gasteiger partial charge is 0.421 e. The maximum absolute atomic E-state index is 12.0. The molecule has 0 aromatic heterocycles. The Labute approximate surface area is 141 Å². The van der Waals surface area contributed by atoms with Crippen LogP contribution in [-0.4, -0.2) is 18.0 Å². The largest absolute Gasteiger partial charge is 0.444 e. The highest BCUT2D eigenvalue weighted by Crippen LogP contribution is 2.09. The predicted molar refractivity (Wildman–Crippen MR) is 91.9 cm³/mol. The fourth-order valence-corrected chi connectivity index (χ4v) is 1.89. The molecule has 2 amide bonds. The van der Waals surface area contributed by atoms with Crippen molar-refractivity contribution in [2.24, 2.45) is 0 Å². The molecule has 1 radical (unpaired) electrons. The van der Waals surface area contributed by atoms with Crippen molar-refractivity contribution in [1.82, 2.24) is 10.9 Å². The van der Waals surface area contributed by atoms with Gasteiger partial charge >= 0.3 is 6.09 Å². The van der Waals surface area contributed by atoms with Crippen molar-refractivity contribution in [2.75, 3.05) is 5.32 Å². The second kappa shape index (κ2) is 8.69. The molecule has 0 aliphatic heterocycles. The fourth-order valence-electron chi connectivity index (χ4n) is 1.89. The van der Waals surface area contributed by atoms with Crippen LogP contribution in [0.15, 0.2) is 54.6 Å². The van der Waals surface area contributed by atoms with Crippen LogP contribution in [0.2, 0.25) is 0 Å². The summed E-state index contributed by atoms with van der Waals surface area (Å²) in [5.41, 5.74) is 7.28. The van der Waals surface area contributed by atoms with Gasteiger partial charge in [-0.2, -0.15) is 0 Å². The highest BCUT2D eigenvalue weighted by atomic mass is 16.6. The number of anilines is 1. The molecular formula is C18H20N3O3. The van der Waals surface area contributed by atoms with Crippen molar-refractivity contribution >= 4 is 17.7 Å². The highest BCUT2D eigenvalue weighted by molar-refractivity contribution is 5.94. The maximum Gasteiger partial charge on any atom is 0.421 e. The number of nitrogens with one attached hydrogen (secondary N) is 3. The number of hydrogen-bond acceptors (Lipinski definition) is 4. The first kappa shape index (κ1) is 17.5. The van der Waals surface area contributed by atoms with Crippen LogP contribution in [0, 0.1) is 6.92 Å². The minimum atomic E-state index is -0.654. The van der Waals surface area contributed by atoms with Crippen LogP contribution in [0.5, 0.6) is 0 Å². The Morgan fingerprint density at radius 3 is 2.58 bits per heavy atom. The summed E-state index contributed by atoms with van der Waals surface area (Å²) in [4.78, 5) is 23.6. The van der Waals surface area contributed by atoms with Crippen molar-refractivity contribution in [2.45, 2.75) is 19.6 Å². The lowest BCUT2D eigenvalue weighted by Gasteiger charge is -2.15. The lowest BCUT2D eigenvalue weighted by Crippen LogP contribution is -2.48. The van der Waals surface area contributed by atoms with Crippen LogP contribution in [0.4, 0.5) is 10.5 Å². The summed E-state index contributed by atoms with van der Waals surface area (Å²) in [5, 5.41) is 2.73. The first-order valence-corrected chi connectivity index (χ1v) is 7.49. The Balaban J connectivity index is 1.72. The SMILES string of the molecule is [CH2]c1cccc(NC(=O)[C@H](C)NNC(=O)OCc2ccccc2)c1. The number of carbonyl (C=O) groups excluding carboxylic acids is 2. The van der Waals surface area contributed by atoms with E-state index in [1.807, 2.05) is 36.4 Å². The van der Waals surface area contributed by atoms with Gasteiger partial charge in [0.1, 0.15) is 12.6 Å². The number of ether oxygens (including phenoxy) is 1. The van der Waals surface area contributed by atoms with Crippen molar-refractivity contribution in [3.8, 4) is 0 Å². The molecule has 24 heavy (non-hydrogen) atoms. The second-order valence-electron chi connectivity index (χ2n) is 5.24. The molecule has 2 aromatic rings. The Bertz CT molecular complexity index is 689. The van der Waals surface area contributed by atoms with E-state index in [-0.39, 0.29) is 12.5 Å². The van der Waals surface area contributed by atoms with Gasteiger partial charge in [-0.3, -0.25) is 10.2 Å². The minimum Gasteiger partial charge on any atom is -0.444 e. The Hall–Kier alpha value is -2.86. The zero-order valence-electron chi connectivity index (χ0n) is 13.4. The summed E-state index contributed by atoms with van der Waals surface area (Å²) in [5.74, 6) is -0.288. The summed E-state index contributed by atoms with van der Waals surface area (Å²) in [6.45, 7) is 5.58. The van der Waals surface area contributed by atoms with Gasteiger partial charge in [-0.25, -0.2) is 10.2 Å². The first-order valence-electron chi connectivity index (χ1n) is 7.49. The van der Waals surface area contributed by atoms with Crippen molar-refractivity contribution < 1.29 is 14.3 Å². The topological polar surface area (TPSA) is 79.5 Å². The molecular weight excluding hydrogens is 306 g/mol. The van der Waals surface area contributed by atoms with Gasteiger partial charge < -0.3 is 10.1 Å². The van der Waals surface area contributed by atoms with Crippen molar-refractivity contribution in [1.29, 1.82) is 0 Å². The van der Waals surface area contributed by atoms with Gasteiger partial charge in [0.2, 0.25) is 5.91 Å². The number of carbonyl (C=O) groups is 2. The van der Waals surface area contributed by atoms with Gasteiger partial charge in [0.25, 0.3) is 0 Å². The molecule has 0 heterocycles. The van der Waals surface area contributed by atoms with Crippen LogP contribution in [0.1, 0.15) is 18.1 Å². The van der Waals surface area contributed by atoms with E-state index in [1.54, 1.807) is 25.1 Å². The third-order valence-corrected chi connectivity index (χ3v) is 3.19. The van der Waals surface area contributed by atoms with Crippen LogP contribution in [-0.2, 0) is 16.1 Å². The maximum atomic E-state index is 12.0. The predicted octanol–water partition coefficient (Wildman–Crippen LogP) is 2.63. The van der Waals surface area contributed by atoms with Gasteiger partial charge in [0.15, 0.2) is 0 Å². The molecule has 0 aliphatic rings. The molecule has 0 spiro atoms. The Morgan fingerprint density at radius 2 is 1.88 bits per heavy atom. The van der Waals surface area contributed by atoms with Gasteiger partial charge in [-0.1, -0.05) is 42.5 Å². The molecule has 3 N–H and O–H groups in total. The van der Waals surface area contributed by atoms with Crippen molar-refractivity contribution in [3.63, 3.8) is 0 Å². The average Bonchev–Trinajstić information content (AvgIpc) is 2.58. The monoisotopic (exact) mass is 326 g/mol. The standard InChI is InChI=1S/C18H20N3O3/c1-13-7-6-10-16(11-13)19-17(22)14(2)20-21-18(23)24-12-15-8-4-3-5-9-15/h3-11,14,20H,1,12H2,2H3,(H,19,22)(H,21,23)/t14-/m0/s1. The normalized spacial score (nSPS) is 11.4. The number of benzene rings is 2. The molecule has 0 fully saturated rings. The molecule has 125 valence electrons. The molecule has 2 aromatic carbocycles. The van der Waals surface area contributed by atoms with E-state index >= 15 is 0 Å². The van der Waals surface area contributed by atoms with Gasteiger partial charge in [0.05, 0.1) is 0 Å². The van der Waals surface area contributed by atoms with E-state index in [4.69, 9.17) is 4.74 Å². The Kier molecular flexibility index (Phi) is 6.33. The summed E-state index contributed by atoms with van der Waals surface area (Å²) >= 11 is 0. The van der Waals surface area contributed by atoms with E-state index in [0.29, 0.717) is 5.69 Å². The fraction of sp³-hybridized carbons (Fsp3) is 0.167. The molecule has 0 aliphatic carbocycles. The summed E-state index contributed by atoms with van der Waals surface area (Å²) in [6, 6.07) is 15.8. The third kappa shape index (κ3) is 5.73. The molecule has 0 unspecified atom stereocenters. The first-order chi connectivity index (χ1) is 11.5. The number of rotatable bonds is 6. The van der Waals surface area contributed by atoms with E-state index in [9.17, 15) is 9.59 Å². The summed E-state index contributed by atoms with van der Waals surface area (Å²) in [7, 11) is 0. The molecule has 6 nitrogen and oxygen atoms in total. The van der Waals surface area contributed by atoms with Gasteiger partial charge in [-0.15, -0.1) is 0 Å². The third-order valence-electron chi connectivity index (χ3n) is 3.19.